The Kier molecular flexibility index (Phi) is 5.15. The summed E-state index contributed by atoms with van der Waals surface area (Å²) in [6.45, 7) is 3.15. The number of anilines is 1. The van der Waals surface area contributed by atoms with Gasteiger partial charge in [0, 0.05) is 5.56 Å². The van der Waals surface area contributed by atoms with Crippen LogP contribution in [0.25, 0.3) is 0 Å². The molecule has 1 aliphatic heterocycles. The minimum Gasteiger partial charge on any atom is -0.461 e. The number of rotatable bonds is 5. The summed E-state index contributed by atoms with van der Waals surface area (Å²) < 4.78 is 15.6. The summed E-state index contributed by atoms with van der Waals surface area (Å²) in [6, 6.07) is 7.27. The predicted molar refractivity (Wildman–Crippen MR) is 76.7 cm³/mol. The van der Waals surface area contributed by atoms with Gasteiger partial charge in [0.25, 0.3) is 0 Å². The number of ether oxygens (including phenoxy) is 3. The first-order valence-corrected chi connectivity index (χ1v) is 6.63. The Hall–Kier alpha value is -2.09. The third-order valence-electron chi connectivity index (χ3n) is 2.87. The molecule has 7 nitrogen and oxygen atoms in total. The molecule has 0 unspecified atom stereocenters. The maximum Gasteiger partial charge on any atom is 0.355 e. The lowest BCUT2D eigenvalue weighted by molar-refractivity contribution is -0.138. The minimum atomic E-state index is -0.600. The van der Waals surface area contributed by atoms with Crippen LogP contribution in [0, 0.1) is 0 Å². The van der Waals surface area contributed by atoms with Crippen LogP contribution in [0.15, 0.2) is 36.2 Å². The van der Waals surface area contributed by atoms with Crippen LogP contribution >= 0.6 is 0 Å². The smallest absolute Gasteiger partial charge is 0.355 e. The molecule has 1 saturated heterocycles. The summed E-state index contributed by atoms with van der Waals surface area (Å²) >= 11 is 0. The zero-order chi connectivity index (χ0) is 15.2. The quantitative estimate of drug-likeness (QED) is 0.358. The molecule has 1 fully saturated rings. The van der Waals surface area contributed by atoms with Gasteiger partial charge in [-0.05, 0) is 19.1 Å². The second kappa shape index (κ2) is 7.07. The van der Waals surface area contributed by atoms with Gasteiger partial charge in [0.05, 0.1) is 31.7 Å². The summed E-state index contributed by atoms with van der Waals surface area (Å²) in [6.07, 6.45) is 0.987. The largest absolute Gasteiger partial charge is 0.461 e. The van der Waals surface area contributed by atoms with E-state index in [0.29, 0.717) is 18.9 Å². The molecule has 7 heteroatoms. The van der Waals surface area contributed by atoms with E-state index in [0.717, 1.165) is 5.56 Å². The molecule has 114 valence electrons. The van der Waals surface area contributed by atoms with Crippen molar-refractivity contribution in [1.29, 1.82) is 0 Å². The zero-order valence-electron chi connectivity index (χ0n) is 11.8. The number of carbonyl (C=O) groups is 1. The third kappa shape index (κ3) is 3.94. The first-order chi connectivity index (χ1) is 10.1. The summed E-state index contributed by atoms with van der Waals surface area (Å²) in [5, 5.41) is 1.26. The van der Waals surface area contributed by atoms with Crippen molar-refractivity contribution in [2.75, 3.05) is 24.8 Å². The standard InChI is InChI=1S/C14H19N3O4/c1-2-19-13(18)12(15)9-17(16)11-5-3-10(4-6-11)14-20-7-8-21-14/h3-6,9,14H,2,7-8,15-16H2,1H3/b12-9-. The molecule has 0 atom stereocenters. The van der Waals surface area contributed by atoms with Crippen LogP contribution < -0.4 is 16.6 Å². The maximum absolute atomic E-state index is 11.4. The van der Waals surface area contributed by atoms with Crippen LogP contribution in [-0.4, -0.2) is 25.8 Å². The number of carbonyl (C=O) groups excluding carboxylic acids is 1. The Morgan fingerprint density at radius 2 is 2.00 bits per heavy atom. The molecule has 2 rings (SSSR count). The highest BCUT2D eigenvalue weighted by molar-refractivity contribution is 5.87. The van der Waals surface area contributed by atoms with Crippen molar-refractivity contribution in [3.05, 3.63) is 41.7 Å². The van der Waals surface area contributed by atoms with Crippen molar-refractivity contribution >= 4 is 11.7 Å². The second-order valence-electron chi connectivity index (χ2n) is 4.38. The van der Waals surface area contributed by atoms with E-state index in [2.05, 4.69) is 0 Å². The maximum atomic E-state index is 11.4. The molecule has 21 heavy (non-hydrogen) atoms. The van der Waals surface area contributed by atoms with Crippen LogP contribution in [-0.2, 0) is 19.0 Å². The van der Waals surface area contributed by atoms with Gasteiger partial charge in [-0.3, -0.25) is 5.01 Å². The number of hydrogen-bond donors (Lipinski definition) is 2. The molecule has 0 spiro atoms. The third-order valence-corrected chi connectivity index (χ3v) is 2.87. The van der Waals surface area contributed by atoms with Gasteiger partial charge in [-0.25, -0.2) is 10.6 Å². The van der Waals surface area contributed by atoms with Crippen molar-refractivity contribution in [3.63, 3.8) is 0 Å². The van der Waals surface area contributed by atoms with E-state index in [1.807, 2.05) is 12.1 Å². The molecule has 1 aromatic rings. The zero-order valence-corrected chi connectivity index (χ0v) is 11.8. The molecule has 1 heterocycles. The van der Waals surface area contributed by atoms with Gasteiger partial charge in [-0.15, -0.1) is 0 Å². The molecular formula is C14H19N3O4. The van der Waals surface area contributed by atoms with Gasteiger partial charge >= 0.3 is 5.97 Å². The normalized spacial score (nSPS) is 16.0. The molecule has 0 aromatic heterocycles. The van der Waals surface area contributed by atoms with Crippen molar-refractivity contribution in [1.82, 2.24) is 0 Å². The monoisotopic (exact) mass is 293 g/mol. The second-order valence-corrected chi connectivity index (χ2v) is 4.38. The van der Waals surface area contributed by atoms with Crippen LogP contribution in [0.3, 0.4) is 0 Å². The van der Waals surface area contributed by atoms with Gasteiger partial charge in [-0.2, -0.15) is 0 Å². The van der Waals surface area contributed by atoms with Gasteiger partial charge in [0.1, 0.15) is 5.70 Å². The summed E-state index contributed by atoms with van der Waals surface area (Å²) in [5.74, 6) is 5.24. The predicted octanol–water partition coefficient (Wildman–Crippen LogP) is 0.775. The lowest BCUT2D eigenvalue weighted by Crippen LogP contribution is -2.28. The number of benzene rings is 1. The Balaban J connectivity index is 2.03. The molecule has 0 amide bonds. The van der Waals surface area contributed by atoms with Crippen LogP contribution in [0.1, 0.15) is 18.8 Å². The average molecular weight is 293 g/mol. The van der Waals surface area contributed by atoms with Crippen molar-refractivity contribution < 1.29 is 19.0 Å². The van der Waals surface area contributed by atoms with Crippen molar-refractivity contribution in [2.24, 2.45) is 11.6 Å². The van der Waals surface area contributed by atoms with Crippen molar-refractivity contribution in [3.8, 4) is 0 Å². The van der Waals surface area contributed by atoms with E-state index in [1.165, 1.54) is 11.2 Å². The molecule has 0 aliphatic carbocycles. The fourth-order valence-electron chi connectivity index (χ4n) is 1.85. The first kappa shape index (κ1) is 15.3. The Bertz CT molecular complexity index is 509. The molecule has 4 N–H and O–H groups in total. The number of nitrogens with two attached hydrogens (primary N) is 2. The molecule has 1 aromatic carbocycles. The number of hydrazine groups is 1. The summed E-state index contributed by atoms with van der Waals surface area (Å²) in [7, 11) is 0. The van der Waals surface area contributed by atoms with Gasteiger partial charge in [0.2, 0.25) is 0 Å². The fourth-order valence-corrected chi connectivity index (χ4v) is 1.85. The van der Waals surface area contributed by atoms with E-state index in [-0.39, 0.29) is 18.6 Å². The highest BCUT2D eigenvalue weighted by Crippen LogP contribution is 2.25. The Morgan fingerprint density at radius 1 is 1.38 bits per heavy atom. The van der Waals surface area contributed by atoms with Crippen LogP contribution in [0.5, 0.6) is 0 Å². The van der Waals surface area contributed by atoms with Crippen molar-refractivity contribution in [2.45, 2.75) is 13.2 Å². The Morgan fingerprint density at radius 3 is 2.57 bits per heavy atom. The molecule has 1 aliphatic rings. The minimum absolute atomic E-state index is 0.0640. The van der Waals surface area contributed by atoms with Crippen LogP contribution in [0.4, 0.5) is 5.69 Å². The van der Waals surface area contributed by atoms with Gasteiger partial charge < -0.3 is 19.9 Å². The Labute approximate surface area is 123 Å². The summed E-state index contributed by atoms with van der Waals surface area (Å²) in [4.78, 5) is 11.4. The molecular weight excluding hydrogens is 274 g/mol. The SMILES string of the molecule is CCOC(=O)/C(N)=C/N(N)c1ccc(C2OCCO2)cc1. The average Bonchev–Trinajstić information content (AvgIpc) is 3.01. The lowest BCUT2D eigenvalue weighted by Gasteiger charge is -2.16. The lowest BCUT2D eigenvalue weighted by atomic mass is 10.2. The molecule has 0 radical (unpaired) electrons. The van der Waals surface area contributed by atoms with E-state index in [4.69, 9.17) is 25.8 Å². The van der Waals surface area contributed by atoms with E-state index >= 15 is 0 Å². The highest BCUT2D eigenvalue weighted by atomic mass is 16.7. The first-order valence-electron chi connectivity index (χ1n) is 6.63. The fraction of sp³-hybridized carbons (Fsp3) is 0.357. The topological polar surface area (TPSA) is 100 Å². The number of esters is 1. The van der Waals surface area contributed by atoms with Gasteiger partial charge in [0.15, 0.2) is 6.29 Å². The molecule has 0 bridgehead atoms. The number of nitrogens with zero attached hydrogens (tertiary/aromatic N) is 1. The van der Waals surface area contributed by atoms with E-state index < -0.39 is 5.97 Å². The highest BCUT2D eigenvalue weighted by Gasteiger charge is 2.18. The molecule has 0 saturated carbocycles. The van der Waals surface area contributed by atoms with Crippen LogP contribution in [0.2, 0.25) is 0 Å². The van der Waals surface area contributed by atoms with Gasteiger partial charge in [-0.1, -0.05) is 12.1 Å². The summed E-state index contributed by atoms with van der Waals surface area (Å²) in [5.41, 5.74) is 7.11. The van der Waals surface area contributed by atoms with E-state index in [1.54, 1.807) is 19.1 Å². The number of hydrogen-bond acceptors (Lipinski definition) is 7. The van der Waals surface area contributed by atoms with E-state index in [9.17, 15) is 4.79 Å².